The molecular formula is C16H15ClN4. The van der Waals surface area contributed by atoms with Crippen LogP contribution in [0.4, 0.5) is 11.5 Å². The Morgan fingerprint density at radius 2 is 1.90 bits per heavy atom. The smallest absolute Gasteiger partial charge is 0.141 e. The second-order valence-corrected chi connectivity index (χ2v) is 5.04. The van der Waals surface area contributed by atoms with Crippen LogP contribution in [0, 0.1) is 0 Å². The Labute approximate surface area is 128 Å². The van der Waals surface area contributed by atoms with Crippen LogP contribution < -0.4 is 5.32 Å². The highest BCUT2D eigenvalue weighted by Gasteiger charge is 2.05. The quantitative estimate of drug-likeness (QED) is 0.778. The van der Waals surface area contributed by atoms with E-state index in [1.165, 1.54) is 0 Å². The van der Waals surface area contributed by atoms with Crippen molar-refractivity contribution >= 4 is 23.1 Å². The number of benzene rings is 1. The highest BCUT2D eigenvalue weighted by atomic mass is 35.5. The average Bonchev–Trinajstić information content (AvgIpc) is 2.99. The molecule has 0 saturated carbocycles. The minimum absolute atomic E-state index is 0.718. The number of nitrogens with zero attached hydrogens (tertiary/aromatic N) is 3. The molecule has 2 heterocycles. The van der Waals surface area contributed by atoms with Gasteiger partial charge >= 0.3 is 0 Å². The Bertz CT molecular complexity index is 717. The van der Waals surface area contributed by atoms with E-state index < -0.39 is 0 Å². The fourth-order valence-electron chi connectivity index (χ4n) is 2.11. The molecule has 106 valence electrons. The Morgan fingerprint density at radius 3 is 2.57 bits per heavy atom. The van der Waals surface area contributed by atoms with E-state index in [9.17, 15) is 0 Å². The third-order valence-electron chi connectivity index (χ3n) is 3.19. The lowest BCUT2D eigenvalue weighted by molar-refractivity contribution is 0.770. The molecule has 0 aliphatic heterocycles. The van der Waals surface area contributed by atoms with Crippen molar-refractivity contribution in [3.8, 4) is 11.4 Å². The maximum atomic E-state index is 5.87. The van der Waals surface area contributed by atoms with Gasteiger partial charge in [-0.25, -0.2) is 9.97 Å². The molecule has 3 rings (SSSR count). The van der Waals surface area contributed by atoms with Crippen molar-refractivity contribution in [3.05, 3.63) is 60.0 Å². The van der Waals surface area contributed by atoms with E-state index in [0.717, 1.165) is 34.5 Å². The van der Waals surface area contributed by atoms with Gasteiger partial charge in [0.2, 0.25) is 0 Å². The van der Waals surface area contributed by atoms with Crippen LogP contribution in [-0.4, -0.2) is 14.5 Å². The zero-order chi connectivity index (χ0) is 14.7. The Balaban J connectivity index is 1.79. The summed E-state index contributed by atoms with van der Waals surface area (Å²) in [5.41, 5.74) is 1.96. The zero-order valence-corrected chi connectivity index (χ0v) is 12.4. The lowest BCUT2D eigenvalue weighted by Gasteiger charge is -2.07. The summed E-state index contributed by atoms with van der Waals surface area (Å²) < 4.78 is 2.09. The molecule has 0 aliphatic carbocycles. The van der Waals surface area contributed by atoms with Crippen LogP contribution in [0.25, 0.3) is 11.4 Å². The molecule has 0 unspecified atom stereocenters. The van der Waals surface area contributed by atoms with Gasteiger partial charge < -0.3 is 9.88 Å². The largest absolute Gasteiger partial charge is 0.340 e. The number of aromatic nitrogens is 3. The molecule has 5 heteroatoms. The predicted octanol–water partition coefficient (Wildman–Crippen LogP) is 4.36. The maximum Gasteiger partial charge on any atom is 0.141 e. The lowest BCUT2D eigenvalue weighted by atomic mass is 10.2. The first-order chi connectivity index (χ1) is 10.3. The van der Waals surface area contributed by atoms with Gasteiger partial charge in [0.1, 0.15) is 11.6 Å². The van der Waals surface area contributed by atoms with Crippen LogP contribution in [-0.2, 0) is 6.54 Å². The summed E-state index contributed by atoms with van der Waals surface area (Å²) >= 11 is 5.87. The number of imidazole rings is 1. The summed E-state index contributed by atoms with van der Waals surface area (Å²) in [5, 5.41) is 3.95. The van der Waals surface area contributed by atoms with Crippen molar-refractivity contribution in [1.82, 2.24) is 14.5 Å². The molecule has 0 fully saturated rings. The minimum Gasteiger partial charge on any atom is -0.340 e. The van der Waals surface area contributed by atoms with Gasteiger partial charge in [-0.2, -0.15) is 0 Å². The average molecular weight is 299 g/mol. The van der Waals surface area contributed by atoms with Crippen LogP contribution in [0.15, 0.2) is 55.0 Å². The number of halogens is 1. The van der Waals surface area contributed by atoms with Crippen molar-refractivity contribution in [2.24, 2.45) is 0 Å². The first-order valence-corrected chi connectivity index (χ1v) is 7.14. The van der Waals surface area contributed by atoms with E-state index >= 15 is 0 Å². The fourth-order valence-corrected chi connectivity index (χ4v) is 2.23. The van der Waals surface area contributed by atoms with Gasteiger partial charge in [0.15, 0.2) is 0 Å². The molecule has 0 radical (unpaired) electrons. The van der Waals surface area contributed by atoms with E-state index in [1.807, 2.05) is 48.8 Å². The number of nitrogens with one attached hydrogen (secondary N) is 1. The summed E-state index contributed by atoms with van der Waals surface area (Å²) in [6.45, 7) is 2.98. The van der Waals surface area contributed by atoms with Crippen molar-refractivity contribution < 1.29 is 0 Å². The second kappa shape index (κ2) is 5.97. The summed E-state index contributed by atoms with van der Waals surface area (Å²) in [6.07, 6.45) is 5.60. The molecule has 0 amide bonds. The van der Waals surface area contributed by atoms with Gasteiger partial charge in [0.25, 0.3) is 0 Å². The maximum absolute atomic E-state index is 5.87. The van der Waals surface area contributed by atoms with Gasteiger partial charge in [-0.1, -0.05) is 11.6 Å². The van der Waals surface area contributed by atoms with Crippen LogP contribution in [0.5, 0.6) is 0 Å². The molecule has 0 atom stereocenters. The number of rotatable bonds is 4. The number of pyridine rings is 1. The van der Waals surface area contributed by atoms with Crippen molar-refractivity contribution in [1.29, 1.82) is 0 Å². The molecule has 3 aromatic rings. The number of hydrogen-bond acceptors (Lipinski definition) is 3. The molecule has 1 N–H and O–H groups in total. The van der Waals surface area contributed by atoms with Crippen molar-refractivity contribution in [2.75, 3.05) is 5.32 Å². The highest BCUT2D eigenvalue weighted by Crippen LogP contribution is 2.21. The Hall–Kier alpha value is -2.33. The summed E-state index contributed by atoms with van der Waals surface area (Å²) in [6, 6.07) is 11.5. The van der Waals surface area contributed by atoms with Gasteiger partial charge in [0.05, 0.1) is 0 Å². The van der Waals surface area contributed by atoms with Gasteiger partial charge in [-0.15, -0.1) is 0 Å². The molecular weight excluding hydrogens is 284 g/mol. The van der Waals surface area contributed by atoms with E-state index in [-0.39, 0.29) is 0 Å². The third-order valence-corrected chi connectivity index (χ3v) is 3.45. The van der Waals surface area contributed by atoms with Crippen LogP contribution in [0.1, 0.15) is 6.92 Å². The van der Waals surface area contributed by atoms with E-state index in [1.54, 1.807) is 6.20 Å². The number of hydrogen-bond donors (Lipinski definition) is 1. The van der Waals surface area contributed by atoms with Crippen LogP contribution >= 0.6 is 11.6 Å². The van der Waals surface area contributed by atoms with E-state index in [2.05, 4.69) is 26.8 Å². The second-order valence-electron chi connectivity index (χ2n) is 4.60. The monoisotopic (exact) mass is 298 g/mol. The van der Waals surface area contributed by atoms with Crippen LogP contribution in [0.2, 0.25) is 5.02 Å². The summed E-state index contributed by atoms with van der Waals surface area (Å²) in [7, 11) is 0. The summed E-state index contributed by atoms with van der Waals surface area (Å²) in [4.78, 5) is 8.80. The van der Waals surface area contributed by atoms with E-state index in [4.69, 9.17) is 11.6 Å². The fraction of sp³-hybridized carbons (Fsp3) is 0.125. The van der Waals surface area contributed by atoms with Gasteiger partial charge in [0, 0.05) is 41.4 Å². The molecule has 21 heavy (non-hydrogen) atoms. The summed E-state index contributed by atoms with van der Waals surface area (Å²) in [5.74, 6) is 1.72. The Morgan fingerprint density at radius 1 is 1.10 bits per heavy atom. The normalized spacial score (nSPS) is 10.6. The van der Waals surface area contributed by atoms with E-state index in [0.29, 0.717) is 0 Å². The Kier molecular flexibility index (Phi) is 3.88. The molecule has 0 saturated heterocycles. The van der Waals surface area contributed by atoms with Gasteiger partial charge in [-0.3, -0.25) is 0 Å². The number of anilines is 2. The third kappa shape index (κ3) is 3.06. The molecule has 2 aromatic heterocycles. The molecule has 0 spiro atoms. The van der Waals surface area contributed by atoms with Gasteiger partial charge in [-0.05, 0) is 43.3 Å². The van der Waals surface area contributed by atoms with Crippen LogP contribution in [0.3, 0.4) is 0 Å². The minimum atomic E-state index is 0.718. The molecule has 0 bridgehead atoms. The topological polar surface area (TPSA) is 42.7 Å². The first kappa shape index (κ1) is 13.6. The number of aryl methyl sites for hydroxylation is 1. The molecule has 0 aliphatic rings. The molecule has 1 aromatic carbocycles. The lowest BCUT2D eigenvalue weighted by Crippen LogP contribution is -1.97. The predicted molar refractivity (Wildman–Crippen MR) is 85.9 cm³/mol. The molecule has 4 nitrogen and oxygen atoms in total. The van der Waals surface area contributed by atoms with Crippen molar-refractivity contribution in [3.63, 3.8) is 0 Å². The standard InChI is InChI=1S/C16H15ClN4/c1-2-21-10-9-18-16(21)12-3-8-15(19-11-12)20-14-6-4-13(17)5-7-14/h3-11H,2H2,1H3,(H,19,20). The SMILES string of the molecule is CCn1ccnc1-c1ccc(Nc2ccc(Cl)cc2)nc1. The van der Waals surface area contributed by atoms with Crippen molar-refractivity contribution in [2.45, 2.75) is 13.5 Å². The highest BCUT2D eigenvalue weighted by molar-refractivity contribution is 6.30. The zero-order valence-electron chi connectivity index (χ0n) is 11.6. The first-order valence-electron chi connectivity index (χ1n) is 6.76.